The topological polar surface area (TPSA) is 146 Å². The maximum absolute atomic E-state index is 16.0. The second-order valence-electron chi connectivity index (χ2n) is 14.3. The zero-order chi connectivity index (χ0) is 37.2. The van der Waals surface area contributed by atoms with E-state index in [9.17, 15) is 34.3 Å². The van der Waals surface area contributed by atoms with Crippen LogP contribution in [0.1, 0.15) is 55.3 Å². The molecule has 0 bridgehead atoms. The number of alkyl halides is 5. The number of benzene rings is 2. The molecule has 3 aliphatic heterocycles. The first kappa shape index (κ1) is 35.6. The lowest BCUT2D eigenvalue weighted by Gasteiger charge is -2.49. The predicted octanol–water partition coefficient (Wildman–Crippen LogP) is 6.83. The van der Waals surface area contributed by atoms with Crippen molar-refractivity contribution in [2.45, 2.75) is 50.6 Å². The summed E-state index contributed by atoms with van der Waals surface area (Å²) < 4.78 is 94.3. The lowest BCUT2D eigenvalue weighted by atomic mass is 9.72. The Morgan fingerprint density at radius 2 is 1.52 bits per heavy atom. The lowest BCUT2D eigenvalue weighted by Crippen LogP contribution is -2.56. The predicted molar refractivity (Wildman–Crippen MR) is 177 cm³/mol. The minimum Gasteiger partial charge on any atom is -0.502 e. The molecule has 1 aromatic heterocycles. The van der Waals surface area contributed by atoms with Crippen molar-refractivity contribution in [2.24, 2.45) is 11.3 Å². The van der Waals surface area contributed by atoms with Crippen molar-refractivity contribution >= 4 is 23.4 Å². The third-order valence-corrected chi connectivity index (χ3v) is 10.4. The molecule has 4 heterocycles. The highest BCUT2D eigenvalue weighted by Crippen LogP contribution is 2.58. The fourth-order valence-electron chi connectivity index (χ4n) is 7.47. The molecular weight excluding hydrogens is 700 g/mol. The molecule has 0 atom stereocenters. The average Bonchev–Trinajstić information content (AvgIpc) is 3.92. The maximum Gasteiger partial charge on any atom is 0.422 e. The van der Waals surface area contributed by atoms with Crippen molar-refractivity contribution in [3.05, 3.63) is 41.3 Å². The first-order chi connectivity index (χ1) is 24.5. The van der Waals surface area contributed by atoms with E-state index < -0.39 is 88.2 Å². The molecule has 0 amide bonds. The Morgan fingerprint density at radius 1 is 0.865 bits per heavy atom. The van der Waals surface area contributed by atoms with Crippen LogP contribution in [0, 0.1) is 11.3 Å². The second kappa shape index (κ2) is 13.0. The van der Waals surface area contributed by atoms with E-state index in [0.717, 1.165) is 63.3 Å². The number of aromatic nitrogens is 2. The van der Waals surface area contributed by atoms with Gasteiger partial charge in [0.1, 0.15) is 22.8 Å². The third kappa shape index (κ3) is 6.89. The number of hydrogen-bond acceptors (Lipinski definition) is 11. The minimum absolute atomic E-state index is 0.0297. The van der Waals surface area contributed by atoms with E-state index in [-0.39, 0.29) is 29.9 Å². The Morgan fingerprint density at radius 3 is 2.13 bits per heavy atom. The van der Waals surface area contributed by atoms with Crippen LogP contribution in [0.25, 0.3) is 11.9 Å². The lowest BCUT2D eigenvalue weighted by molar-refractivity contribution is -0.138. The van der Waals surface area contributed by atoms with Crippen LogP contribution >= 0.6 is 0 Å². The van der Waals surface area contributed by atoms with Crippen LogP contribution in [0.15, 0.2) is 24.5 Å². The molecule has 1 spiro atoms. The molecular formula is C35H37F6N5O6. The van der Waals surface area contributed by atoms with Gasteiger partial charge in [-0.05, 0) is 81.2 Å². The number of aromatic hydroxyl groups is 5. The highest BCUT2D eigenvalue weighted by atomic mass is 19.4. The molecule has 4 aliphatic rings. The highest BCUT2D eigenvalue weighted by Gasteiger charge is 2.46. The molecule has 1 aliphatic carbocycles. The number of phenolic OH excluding ortho intramolecular Hbond substituents is 5. The molecule has 52 heavy (non-hydrogen) atoms. The van der Waals surface area contributed by atoms with Gasteiger partial charge in [0.25, 0.3) is 5.92 Å². The van der Waals surface area contributed by atoms with Crippen LogP contribution in [-0.2, 0) is 6.18 Å². The summed E-state index contributed by atoms with van der Waals surface area (Å²) >= 11 is 0. The summed E-state index contributed by atoms with van der Waals surface area (Å²) in [6.07, 6.45) is 3.08. The van der Waals surface area contributed by atoms with Gasteiger partial charge in [0.05, 0.1) is 31.2 Å². The van der Waals surface area contributed by atoms with Gasteiger partial charge in [0, 0.05) is 25.2 Å². The summed E-state index contributed by atoms with van der Waals surface area (Å²) in [6.45, 7) is 1.67. The number of piperidine rings is 2. The monoisotopic (exact) mass is 737 g/mol. The van der Waals surface area contributed by atoms with Crippen molar-refractivity contribution in [1.29, 1.82) is 0 Å². The number of rotatable bonds is 8. The Balaban J connectivity index is 1.31. The van der Waals surface area contributed by atoms with Gasteiger partial charge in [0.15, 0.2) is 5.83 Å². The number of ether oxygens (including phenoxy) is 1. The summed E-state index contributed by atoms with van der Waals surface area (Å²) in [7, 11) is 0. The molecule has 3 saturated heterocycles. The summed E-state index contributed by atoms with van der Waals surface area (Å²) in [5, 5.41) is 50.6. The Hall–Kier alpha value is -4.80. The standard InChI is InChI=1S/C35H37F6N5O6/c36-21(22-13-42-14-24(43-22)46-17-34(37,38)18-46)12-20-4-5-23(52-32-30(50)28(48)27(47)29(49)31(32)51)25(35(39,40)41)26(20)45-9-1-6-33(16-45)7-10-44(11-8-33)15-19-2-3-19/h4-5,12-14,19,47-51H,1-3,6-11,15-18H2/b21-12-. The van der Waals surface area contributed by atoms with Crippen LogP contribution in [0.4, 0.5) is 37.8 Å². The Bertz CT molecular complexity index is 1860. The number of halogens is 6. The molecule has 4 fully saturated rings. The van der Waals surface area contributed by atoms with Gasteiger partial charge in [0.2, 0.25) is 34.5 Å². The summed E-state index contributed by atoms with van der Waals surface area (Å²) in [6, 6.07) is 1.96. The quantitative estimate of drug-likeness (QED) is 0.0943. The molecule has 3 aromatic rings. The fourth-order valence-corrected chi connectivity index (χ4v) is 7.47. The van der Waals surface area contributed by atoms with Gasteiger partial charge >= 0.3 is 6.18 Å². The number of nitrogens with zero attached hydrogens (tertiary/aromatic N) is 5. The molecule has 17 heteroatoms. The van der Waals surface area contributed by atoms with Gasteiger partial charge in [-0.15, -0.1) is 0 Å². The third-order valence-electron chi connectivity index (χ3n) is 10.4. The van der Waals surface area contributed by atoms with E-state index in [2.05, 4.69) is 14.9 Å². The van der Waals surface area contributed by atoms with Gasteiger partial charge in [-0.1, -0.05) is 0 Å². The van der Waals surface area contributed by atoms with Gasteiger partial charge in [-0.3, -0.25) is 4.98 Å². The summed E-state index contributed by atoms with van der Waals surface area (Å²) in [4.78, 5) is 13.1. The summed E-state index contributed by atoms with van der Waals surface area (Å²) in [5.74, 6) is -12.2. The van der Waals surface area contributed by atoms with E-state index in [1.54, 1.807) is 0 Å². The van der Waals surface area contributed by atoms with Gasteiger partial charge in [-0.25, -0.2) is 18.2 Å². The van der Waals surface area contributed by atoms with Crippen LogP contribution in [0.3, 0.4) is 0 Å². The molecule has 11 nitrogen and oxygen atoms in total. The minimum atomic E-state index is -5.18. The van der Waals surface area contributed by atoms with Crippen molar-refractivity contribution in [1.82, 2.24) is 14.9 Å². The van der Waals surface area contributed by atoms with E-state index in [1.165, 1.54) is 28.8 Å². The SMILES string of the molecule is Oc1c(O)c(O)c(Oc2ccc(/C=C(\F)c3cncc(N4CC(F)(F)C4)n3)c(N3CCCC4(CCN(CC5CC5)CC4)C3)c2C(F)(F)F)c(O)c1O. The van der Waals surface area contributed by atoms with Crippen LogP contribution in [0.5, 0.6) is 40.2 Å². The van der Waals surface area contributed by atoms with Crippen molar-refractivity contribution in [2.75, 3.05) is 55.6 Å². The van der Waals surface area contributed by atoms with Gasteiger partial charge in [-0.2, -0.15) is 13.2 Å². The van der Waals surface area contributed by atoms with Gasteiger partial charge < -0.3 is 45.0 Å². The molecule has 7 rings (SSSR count). The van der Waals surface area contributed by atoms with Crippen LogP contribution < -0.4 is 14.5 Å². The van der Waals surface area contributed by atoms with E-state index >= 15 is 17.6 Å². The smallest absolute Gasteiger partial charge is 0.422 e. The second-order valence-corrected chi connectivity index (χ2v) is 14.3. The molecule has 5 N–H and O–H groups in total. The van der Waals surface area contributed by atoms with Crippen molar-refractivity contribution in [3.8, 4) is 40.2 Å². The number of anilines is 2. The molecule has 280 valence electrons. The highest BCUT2D eigenvalue weighted by molar-refractivity contribution is 5.84. The first-order valence-corrected chi connectivity index (χ1v) is 16.9. The average molecular weight is 738 g/mol. The number of likely N-dealkylation sites (tertiary alicyclic amines) is 1. The normalized spacial score (nSPS) is 20.6. The first-order valence-electron chi connectivity index (χ1n) is 16.9. The zero-order valence-corrected chi connectivity index (χ0v) is 27.8. The Kier molecular flexibility index (Phi) is 8.90. The summed E-state index contributed by atoms with van der Waals surface area (Å²) in [5.41, 5.74) is -2.81. The van der Waals surface area contributed by atoms with E-state index in [0.29, 0.717) is 12.3 Å². The van der Waals surface area contributed by atoms with Crippen LogP contribution in [-0.4, -0.2) is 92.1 Å². The fraction of sp³-hybridized carbons (Fsp3) is 0.486. The van der Waals surface area contributed by atoms with E-state index in [1.807, 2.05) is 0 Å². The largest absolute Gasteiger partial charge is 0.502 e. The number of phenols is 5. The molecule has 1 saturated carbocycles. The molecule has 0 unspecified atom stereocenters. The Labute approximate surface area is 294 Å². The van der Waals surface area contributed by atoms with Crippen molar-refractivity contribution < 1.29 is 56.6 Å². The van der Waals surface area contributed by atoms with Crippen LogP contribution in [0.2, 0.25) is 0 Å². The maximum atomic E-state index is 16.0. The van der Waals surface area contributed by atoms with E-state index in [4.69, 9.17) is 4.74 Å². The molecule has 2 aromatic carbocycles. The number of hydrogen-bond donors (Lipinski definition) is 5. The zero-order valence-electron chi connectivity index (χ0n) is 27.8. The van der Waals surface area contributed by atoms with Crippen molar-refractivity contribution in [3.63, 3.8) is 0 Å². The molecule has 0 radical (unpaired) electrons.